The molecule has 0 spiro atoms. The lowest BCUT2D eigenvalue weighted by Crippen LogP contribution is -2.30. The van der Waals surface area contributed by atoms with Crippen molar-refractivity contribution in [3.8, 4) is 11.4 Å². The molecule has 1 aliphatic rings. The van der Waals surface area contributed by atoms with E-state index in [1.807, 2.05) is 37.4 Å². The zero-order valence-electron chi connectivity index (χ0n) is 19.9. The normalized spacial score (nSPS) is 17.4. The molecule has 0 saturated carbocycles. The van der Waals surface area contributed by atoms with Crippen molar-refractivity contribution in [2.75, 3.05) is 11.5 Å². The van der Waals surface area contributed by atoms with Crippen LogP contribution in [-0.4, -0.2) is 21.3 Å². The highest BCUT2D eigenvalue weighted by Gasteiger charge is 2.42. The number of nitrogens with zero attached hydrogens (tertiary/aromatic N) is 3. The van der Waals surface area contributed by atoms with E-state index in [4.69, 9.17) is 17.0 Å². The molecule has 1 saturated heterocycles. The molecular weight excluding hydrogens is 464 g/mol. The van der Waals surface area contributed by atoms with Crippen molar-refractivity contribution in [1.82, 2.24) is 14.9 Å². The summed E-state index contributed by atoms with van der Waals surface area (Å²) in [4.78, 5) is 6.88. The van der Waals surface area contributed by atoms with Gasteiger partial charge >= 0.3 is 0 Å². The second-order valence-corrected chi connectivity index (χ2v) is 9.14. The maximum absolute atomic E-state index is 5.90. The third-order valence-electron chi connectivity index (χ3n) is 6.62. The van der Waals surface area contributed by atoms with Gasteiger partial charge in [0.15, 0.2) is 5.11 Å². The number of nitrogens with one attached hydrogen (secondary N) is 1. The molecule has 2 aromatic heterocycles. The van der Waals surface area contributed by atoms with Gasteiger partial charge in [-0.05, 0) is 90.6 Å². The van der Waals surface area contributed by atoms with Gasteiger partial charge < -0.3 is 19.5 Å². The van der Waals surface area contributed by atoms with Crippen LogP contribution in [-0.2, 0) is 0 Å². The fourth-order valence-corrected chi connectivity index (χ4v) is 5.35. The van der Waals surface area contributed by atoms with Crippen LogP contribution in [0.15, 0.2) is 109 Å². The monoisotopic (exact) mass is 490 g/mol. The van der Waals surface area contributed by atoms with E-state index in [9.17, 15) is 0 Å². The summed E-state index contributed by atoms with van der Waals surface area (Å²) >= 11 is 5.90. The van der Waals surface area contributed by atoms with Gasteiger partial charge in [-0.1, -0.05) is 36.4 Å². The third-order valence-corrected chi connectivity index (χ3v) is 6.93. The van der Waals surface area contributed by atoms with Gasteiger partial charge in [-0.3, -0.25) is 4.98 Å². The van der Waals surface area contributed by atoms with Gasteiger partial charge in [-0.2, -0.15) is 0 Å². The number of benzene rings is 3. The number of rotatable bonds is 6. The molecule has 6 heteroatoms. The first-order valence-corrected chi connectivity index (χ1v) is 12.5. The number of hydrogen-bond acceptors (Lipinski definition) is 3. The molecule has 0 amide bonds. The molecule has 0 aliphatic carbocycles. The van der Waals surface area contributed by atoms with E-state index in [1.54, 1.807) is 0 Å². The predicted molar refractivity (Wildman–Crippen MR) is 149 cm³/mol. The van der Waals surface area contributed by atoms with E-state index in [1.165, 1.54) is 10.8 Å². The van der Waals surface area contributed by atoms with Gasteiger partial charge in [0.25, 0.3) is 0 Å². The molecule has 0 radical (unpaired) electrons. The minimum absolute atomic E-state index is 0.105. The maximum atomic E-state index is 5.90. The van der Waals surface area contributed by atoms with Crippen LogP contribution in [0, 0.1) is 0 Å². The first-order valence-electron chi connectivity index (χ1n) is 12.1. The summed E-state index contributed by atoms with van der Waals surface area (Å²) in [5.74, 6) is 0.844. The van der Waals surface area contributed by atoms with E-state index >= 15 is 0 Å². The number of ether oxygens (including phenoxy) is 1. The molecule has 5 nitrogen and oxygen atoms in total. The third kappa shape index (κ3) is 3.99. The van der Waals surface area contributed by atoms with Gasteiger partial charge in [0, 0.05) is 29.5 Å². The zero-order valence-corrected chi connectivity index (χ0v) is 20.7. The molecule has 0 bridgehead atoms. The molecule has 2 unspecified atom stereocenters. The van der Waals surface area contributed by atoms with Crippen molar-refractivity contribution in [2.45, 2.75) is 19.0 Å². The van der Waals surface area contributed by atoms with Gasteiger partial charge in [-0.15, -0.1) is 0 Å². The summed E-state index contributed by atoms with van der Waals surface area (Å²) in [5.41, 5.74) is 4.19. The van der Waals surface area contributed by atoms with E-state index in [0.29, 0.717) is 11.7 Å². The number of thiocarbonyl (C=S) groups is 1. The topological polar surface area (TPSA) is 42.3 Å². The zero-order chi connectivity index (χ0) is 24.5. The molecule has 36 heavy (non-hydrogen) atoms. The first-order chi connectivity index (χ1) is 17.7. The van der Waals surface area contributed by atoms with Crippen LogP contribution >= 0.6 is 12.2 Å². The molecule has 5 aromatic rings. The van der Waals surface area contributed by atoms with Crippen LogP contribution in [0.25, 0.3) is 16.5 Å². The summed E-state index contributed by atoms with van der Waals surface area (Å²) in [6.07, 6.45) is 3.95. The molecule has 178 valence electrons. The summed E-state index contributed by atoms with van der Waals surface area (Å²) in [7, 11) is 0. The highest BCUT2D eigenvalue weighted by molar-refractivity contribution is 7.80. The highest BCUT2D eigenvalue weighted by atomic mass is 32.1. The summed E-state index contributed by atoms with van der Waals surface area (Å²) < 4.78 is 7.93. The standard InChI is InChI=1S/C30H26N4OS/c1-2-35-25-16-14-23(15-17-25)34-29(28(32-30(34)36)26-10-5-6-18-31-26)27-11-7-19-33(27)24-13-12-21-8-3-4-9-22(21)20-24/h3-20,28-29H,2H2,1H3,(H,32,36). The summed E-state index contributed by atoms with van der Waals surface area (Å²) in [5, 5.41) is 6.66. The lowest BCUT2D eigenvalue weighted by Gasteiger charge is -2.29. The summed E-state index contributed by atoms with van der Waals surface area (Å²) in [6, 6.07) is 33.2. The number of anilines is 1. The van der Waals surface area contributed by atoms with Crippen LogP contribution in [0.4, 0.5) is 5.69 Å². The van der Waals surface area contributed by atoms with Gasteiger partial charge in [0.2, 0.25) is 0 Å². The fraction of sp³-hybridized carbons (Fsp3) is 0.133. The Morgan fingerprint density at radius 2 is 1.64 bits per heavy atom. The second-order valence-electron chi connectivity index (χ2n) is 8.76. The van der Waals surface area contributed by atoms with Crippen LogP contribution in [0.1, 0.15) is 30.4 Å². The van der Waals surface area contributed by atoms with Crippen molar-refractivity contribution < 1.29 is 4.74 Å². The predicted octanol–water partition coefficient (Wildman–Crippen LogP) is 6.60. The van der Waals surface area contributed by atoms with Crippen molar-refractivity contribution in [1.29, 1.82) is 0 Å². The Balaban J connectivity index is 1.48. The Morgan fingerprint density at radius 1 is 0.861 bits per heavy atom. The van der Waals surface area contributed by atoms with Gasteiger partial charge in [0.05, 0.1) is 18.3 Å². The van der Waals surface area contributed by atoms with Crippen LogP contribution in [0.5, 0.6) is 5.75 Å². The molecule has 3 heterocycles. The minimum atomic E-state index is -0.112. The van der Waals surface area contributed by atoms with Crippen LogP contribution in [0.3, 0.4) is 0 Å². The van der Waals surface area contributed by atoms with E-state index in [2.05, 4.69) is 98.8 Å². The van der Waals surface area contributed by atoms with Crippen LogP contribution in [0.2, 0.25) is 0 Å². The van der Waals surface area contributed by atoms with Crippen molar-refractivity contribution >= 4 is 33.8 Å². The van der Waals surface area contributed by atoms with E-state index in [0.717, 1.165) is 28.5 Å². The SMILES string of the molecule is CCOc1ccc(N2C(=S)NC(c3ccccn3)C2c2cccn2-c2ccc3ccccc3c2)cc1. The Hall–Kier alpha value is -4.16. The van der Waals surface area contributed by atoms with Crippen molar-refractivity contribution in [3.05, 3.63) is 121 Å². The lowest BCUT2D eigenvalue weighted by molar-refractivity contribution is 0.340. The van der Waals surface area contributed by atoms with E-state index < -0.39 is 0 Å². The molecule has 1 fully saturated rings. The van der Waals surface area contributed by atoms with Gasteiger partial charge in [-0.25, -0.2) is 0 Å². The molecule has 1 aliphatic heterocycles. The molecule has 2 atom stereocenters. The molecular formula is C30H26N4OS. The second kappa shape index (κ2) is 9.47. The number of fused-ring (bicyclic) bond motifs is 1. The number of aromatic nitrogens is 2. The molecule has 1 N–H and O–H groups in total. The average molecular weight is 491 g/mol. The molecule has 3 aromatic carbocycles. The van der Waals surface area contributed by atoms with Gasteiger partial charge in [0.1, 0.15) is 11.8 Å². The highest BCUT2D eigenvalue weighted by Crippen LogP contribution is 2.42. The number of hydrogen-bond donors (Lipinski definition) is 1. The Bertz CT molecular complexity index is 1510. The fourth-order valence-electron chi connectivity index (χ4n) is 5.00. The largest absolute Gasteiger partial charge is 0.494 e. The Labute approximate surface area is 216 Å². The average Bonchev–Trinajstić information content (AvgIpc) is 3.54. The smallest absolute Gasteiger partial charge is 0.174 e. The lowest BCUT2D eigenvalue weighted by atomic mass is 10.0. The molecule has 6 rings (SSSR count). The maximum Gasteiger partial charge on any atom is 0.174 e. The Morgan fingerprint density at radius 3 is 2.42 bits per heavy atom. The van der Waals surface area contributed by atoms with Crippen molar-refractivity contribution in [2.24, 2.45) is 0 Å². The van der Waals surface area contributed by atoms with E-state index in [-0.39, 0.29) is 12.1 Å². The van der Waals surface area contributed by atoms with Crippen molar-refractivity contribution in [3.63, 3.8) is 0 Å². The first kappa shape index (κ1) is 22.3. The summed E-state index contributed by atoms with van der Waals surface area (Å²) in [6.45, 7) is 2.62. The Kier molecular flexibility index (Phi) is 5.87. The number of pyridine rings is 1. The quantitative estimate of drug-likeness (QED) is 0.272. The van der Waals surface area contributed by atoms with Crippen LogP contribution < -0.4 is 15.0 Å². The minimum Gasteiger partial charge on any atom is -0.494 e.